The van der Waals surface area contributed by atoms with Gasteiger partial charge in [-0.25, -0.2) is 0 Å². The van der Waals surface area contributed by atoms with Gasteiger partial charge in [-0.3, -0.25) is 0 Å². The number of rotatable bonds is 9. The second-order valence-corrected chi connectivity index (χ2v) is 4.96. The van der Waals surface area contributed by atoms with Crippen LogP contribution in [-0.4, -0.2) is 25.8 Å². The van der Waals surface area contributed by atoms with E-state index in [1.54, 1.807) is 0 Å². The molecule has 0 unspecified atom stereocenters. The summed E-state index contributed by atoms with van der Waals surface area (Å²) in [5.41, 5.74) is 0. The Hall–Kier alpha value is -0.0800. The zero-order valence-corrected chi connectivity index (χ0v) is 11.0. The molecular weight excluding hydrogens is 198 g/mol. The average molecular weight is 227 g/mol. The van der Waals surface area contributed by atoms with Crippen LogP contribution in [0.3, 0.4) is 0 Å². The second-order valence-electron chi connectivity index (χ2n) is 4.96. The van der Waals surface area contributed by atoms with E-state index in [2.05, 4.69) is 12.2 Å². The molecular formula is C14H29NO. The van der Waals surface area contributed by atoms with Crippen LogP contribution in [0.5, 0.6) is 0 Å². The molecule has 96 valence electrons. The van der Waals surface area contributed by atoms with Crippen molar-refractivity contribution in [1.29, 1.82) is 0 Å². The summed E-state index contributed by atoms with van der Waals surface area (Å²) < 4.78 is 5.61. The zero-order chi connectivity index (χ0) is 11.5. The van der Waals surface area contributed by atoms with E-state index in [4.69, 9.17) is 4.74 Å². The van der Waals surface area contributed by atoms with Crippen molar-refractivity contribution in [3.63, 3.8) is 0 Å². The van der Waals surface area contributed by atoms with Gasteiger partial charge in [0.2, 0.25) is 0 Å². The van der Waals surface area contributed by atoms with Crippen molar-refractivity contribution in [2.45, 2.75) is 70.8 Å². The van der Waals surface area contributed by atoms with Gasteiger partial charge in [0.25, 0.3) is 0 Å². The van der Waals surface area contributed by atoms with Crippen LogP contribution in [0.4, 0.5) is 0 Å². The molecule has 0 aromatic heterocycles. The summed E-state index contributed by atoms with van der Waals surface area (Å²) in [7, 11) is 0. The van der Waals surface area contributed by atoms with E-state index in [0.29, 0.717) is 0 Å². The number of nitrogens with one attached hydrogen (secondary N) is 1. The highest BCUT2D eigenvalue weighted by Gasteiger charge is 2.11. The molecule has 0 radical (unpaired) electrons. The molecule has 1 aliphatic carbocycles. The van der Waals surface area contributed by atoms with Gasteiger partial charge < -0.3 is 10.1 Å². The molecule has 0 amide bonds. The van der Waals surface area contributed by atoms with E-state index < -0.39 is 0 Å². The smallest absolute Gasteiger partial charge is 0.0590 e. The molecule has 0 spiro atoms. The normalized spacial score (nSPS) is 17.8. The molecule has 1 saturated carbocycles. The zero-order valence-electron chi connectivity index (χ0n) is 11.0. The summed E-state index contributed by atoms with van der Waals surface area (Å²) in [6.45, 7) is 5.13. The summed E-state index contributed by atoms with van der Waals surface area (Å²) in [5, 5.41) is 3.60. The summed E-state index contributed by atoms with van der Waals surface area (Å²) in [6.07, 6.45) is 12.2. The first-order chi connectivity index (χ1) is 7.93. The molecule has 1 N–H and O–H groups in total. The van der Waals surface area contributed by atoms with E-state index in [9.17, 15) is 0 Å². The Morgan fingerprint density at radius 3 is 2.56 bits per heavy atom. The molecule has 1 fully saturated rings. The first kappa shape index (κ1) is 14.0. The van der Waals surface area contributed by atoms with E-state index in [-0.39, 0.29) is 0 Å². The highest BCUT2D eigenvalue weighted by molar-refractivity contribution is 4.71. The Kier molecular flexibility index (Phi) is 8.83. The van der Waals surface area contributed by atoms with Gasteiger partial charge in [0.1, 0.15) is 0 Å². The van der Waals surface area contributed by atoms with Gasteiger partial charge in [-0.15, -0.1) is 0 Å². The van der Waals surface area contributed by atoms with Crippen LogP contribution in [-0.2, 0) is 4.74 Å². The maximum absolute atomic E-state index is 5.61. The van der Waals surface area contributed by atoms with Crippen molar-refractivity contribution < 1.29 is 4.74 Å². The fourth-order valence-electron chi connectivity index (χ4n) is 2.37. The fraction of sp³-hybridized carbons (Fsp3) is 1.00. The molecule has 0 aliphatic heterocycles. The molecule has 0 saturated heterocycles. The highest BCUT2D eigenvalue weighted by atomic mass is 16.5. The molecule has 2 nitrogen and oxygen atoms in total. The van der Waals surface area contributed by atoms with Gasteiger partial charge in [-0.1, -0.05) is 45.4 Å². The minimum atomic E-state index is 0.775. The van der Waals surface area contributed by atoms with Crippen LogP contribution >= 0.6 is 0 Å². The lowest BCUT2D eigenvalue weighted by atomic mass is 9.96. The maximum atomic E-state index is 5.61. The third-order valence-electron chi connectivity index (χ3n) is 3.43. The third kappa shape index (κ3) is 7.24. The number of unbranched alkanes of at least 4 members (excludes halogenated alkanes) is 3. The number of ether oxygens (including phenoxy) is 1. The molecule has 0 aromatic carbocycles. The maximum Gasteiger partial charge on any atom is 0.0590 e. The van der Waals surface area contributed by atoms with Gasteiger partial charge in [0.05, 0.1) is 6.61 Å². The fourth-order valence-corrected chi connectivity index (χ4v) is 2.37. The lowest BCUT2D eigenvalue weighted by Crippen LogP contribution is -2.33. The van der Waals surface area contributed by atoms with Crippen molar-refractivity contribution in [3.05, 3.63) is 0 Å². The first-order valence-corrected chi connectivity index (χ1v) is 7.24. The van der Waals surface area contributed by atoms with Crippen LogP contribution in [0, 0.1) is 0 Å². The lowest BCUT2D eigenvalue weighted by molar-refractivity contribution is 0.128. The second kappa shape index (κ2) is 10.1. The lowest BCUT2D eigenvalue weighted by Gasteiger charge is -2.22. The predicted octanol–water partition coefficient (Wildman–Crippen LogP) is 3.51. The Labute approximate surface area is 101 Å². The Bertz CT molecular complexity index is 144. The van der Waals surface area contributed by atoms with Crippen molar-refractivity contribution >= 4 is 0 Å². The van der Waals surface area contributed by atoms with Gasteiger partial charge >= 0.3 is 0 Å². The Balaban J connectivity index is 1.77. The van der Waals surface area contributed by atoms with Gasteiger partial charge in [0, 0.05) is 19.2 Å². The molecule has 0 bridgehead atoms. The molecule has 2 heteroatoms. The van der Waals surface area contributed by atoms with E-state index >= 15 is 0 Å². The van der Waals surface area contributed by atoms with Crippen LogP contribution in [0.2, 0.25) is 0 Å². The topological polar surface area (TPSA) is 21.3 Å². The van der Waals surface area contributed by atoms with Crippen LogP contribution < -0.4 is 5.32 Å². The minimum Gasteiger partial charge on any atom is -0.380 e. The molecule has 0 heterocycles. The summed E-state index contributed by atoms with van der Waals surface area (Å²) in [4.78, 5) is 0. The van der Waals surface area contributed by atoms with Crippen molar-refractivity contribution in [1.82, 2.24) is 5.32 Å². The quantitative estimate of drug-likeness (QED) is 0.609. The summed E-state index contributed by atoms with van der Waals surface area (Å²) in [5.74, 6) is 0. The molecule has 0 atom stereocenters. The number of hydrogen-bond acceptors (Lipinski definition) is 2. The molecule has 1 aliphatic rings. The van der Waals surface area contributed by atoms with Gasteiger partial charge in [-0.05, 0) is 19.3 Å². The Morgan fingerprint density at radius 2 is 1.81 bits per heavy atom. The van der Waals surface area contributed by atoms with Crippen LogP contribution in [0.25, 0.3) is 0 Å². The van der Waals surface area contributed by atoms with Crippen molar-refractivity contribution in [3.8, 4) is 0 Å². The SMILES string of the molecule is CCCCCCOCCNC1CCCCC1. The predicted molar refractivity (Wildman–Crippen MR) is 69.8 cm³/mol. The number of hydrogen-bond donors (Lipinski definition) is 1. The van der Waals surface area contributed by atoms with Crippen LogP contribution in [0.1, 0.15) is 64.7 Å². The molecule has 0 aromatic rings. The highest BCUT2D eigenvalue weighted by Crippen LogP contribution is 2.16. The molecule has 1 rings (SSSR count). The van der Waals surface area contributed by atoms with Crippen LogP contribution in [0.15, 0.2) is 0 Å². The van der Waals surface area contributed by atoms with E-state index in [1.807, 2.05) is 0 Å². The summed E-state index contributed by atoms with van der Waals surface area (Å²) >= 11 is 0. The molecule has 16 heavy (non-hydrogen) atoms. The largest absolute Gasteiger partial charge is 0.380 e. The van der Waals surface area contributed by atoms with Crippen molar-refractivity contribution in [2.24, 2.45) is 0 Å². The third-order valence-corrected chi connectivity index (χ3v) is 3.43. The van der Waals surface area contributed by atoms with E-state index in [1.165, 1.54) is 57.8 Å². The summed E-state index contributed by atoms with van der Waals surface area (Å²) in [6, 6.07) is 0.775. The monoisotopic (exact) mass is 227 g/mol. The van der Waals surface area contributed by atoms with Gasteiger partial charge in [0.15, 0.2) is 0 Å². The van der Waals surface area contributed by atoms with E-state index in [0.717, 1.165) is 25.8 Å². The van der Waals surface area contributed by atoms with Crippen molar-refractivity contribution in [2.75, 3.05) is 19.8 Å². The van der Waals surface area contributed by atoms with Gasteiger partial charge in [-0.2, -0.15) is 0 Å². The minimum absolute atomic E-state index is 0.775. The standard InChI is InChI=1S/C14H29NO/c1-2-3-4-8-12-16-13-11-15-14-9-6-5-7-10-14/h14-15H,2-13H2,1H3. The Morgan fingerprint density at radius 1 is 1.00 bits per heavy atom. The average Bonchev–Trinajstić information content (AvgIpc) is 2.34. The first-order valence-electron chi connectivity index (χ1n) is 7.24.